The molecule has 4 rings (SSSR count). The molecule has 4 aromatic carbocycles. The molecule has 0 aliphatic heterocycles. The molecule has 0 saturated heterocycles. The fourth-order valence-electron chi connectivity index (χ4n) is 5.24. The second-order valence-corrected chi connectivity index (χ2v) is 14.9. The predicted molar refractivity (Wildman–Crippen MR) is 160 cm³/mol. The molecule has 1 atom stereocenters. The van der Waals surface area contributed by atoms with E-state index in [1.807, 2.05) is 78.9 Å². The number of carboxylic acids is 1. The Morgan fingerprint density at radius 2 is 1.26 bits per heavy atom. The summed E-state index contributed by atoms with van der Waals surface area (Å²) in [6.45, 7) is 6.73. The Hall–Kier alpha value is -4.00. The summed E-state index contributed by atoms with van der Waals surface area (Å²) in [5, 5.41) is 12.2. The molecule has 0 saturated carbocycles. The minimum atomic E-state index is -2.82. The first-order valence-electron chi connectivity index (χ1n) is 13.1. The quantitative estimate of drug-likeness (QED) is 0.196. The lowest BCUT2D eigenvalue weighted by molar-refractivity contribution is -0.139. The maximum atomic E-state index is 12.4. The smallest absolute Gasteiger partial charge is 0.326 e. The topological polar surface area (TPSA) is 66.8 Å². The summed E-state index contributed by atoms with van der Waals surface area (Å²) in [5.41, 5.74) is 2.57. The van der Waals surface area contributed by atoms with Gasteiger partial charge in [0.2, 0.25) is 6.41 Å². The van der Waals surface area contributed by atoms with Gasteiger partial charge in [-0.3, -0.25) is 4.79 Å². The average molecular weight is 538 g/mol. The number of nitrogens with zero attached hydrogens (tertiary/aromatic N) is 1. The fraction of sp³-hybridized carbons (Fsp3) is 0.212. The second-order valence-electron chi connectivity index (χ2n) is 10.6. The highest BCUT2D eigenvalue weighted by Gasteiger charge is 2.50. The van der Waals surface area contributed by atoms with E-state index in [1.165, 1.54) is 4.90 Å². The van der Waals surface area contributed by atoms with Crippen molar-refractivity contribution in [2.24, 2.45) is 0 Å². The Bertz CT molecular complexity index is 1310. The molecule has 0 bridgehead atoms. The molecule has 0 aliphatic carbocycles. The first-order valence-corrected chi connectivity index (χ1v) is 15.1. The van der Waals surface area contributed by atoms with Crippen molar-refractivity contribution in [3.05, 3.63) is 115 Å². The summed E-state index contributed by atoms with van der Waals surface area (Å²) >= 11 is 0. The van der Waals surface area contributed by atoms with Gasteiger partial charge in [-0.05, 0) is 38.7 Å². The van der Waals surface area contributed by atoms with Gasteiger partial charge in [-0.2, -0.15) is 0 Å². The van der Waals surface area contributed by atoms with Gasteiger partial charge in [-0.15, -0.1) is 0 Å². The van der Waals surface area contributed by atoms with E-state index in [4.69, 9.17) is 4.43 Å². The van der Waals surface area contributed by atoms with E-state index in [1.54, 1.807) is 12.1 Å². The maximum Gasteiger partial charge on any atom is 0.326 e. The zero-order chi connectivity index (χ0) is 27.9. The van der Waals surface area contributed by atoms with Gasteiger partial charge < -0.3 is 14.4 Å². The van der Waals surface area contributed by atoms with E-state index in [-0.39, 0.29) is 18.1 Å². The van der Waals surface area contributed by atoms with E-state index in [0.717, 1.165) is 21.5 Å². The van der Waals surface area contributed by atoms with Crippen molar-refractivity contribution in [1.29, 1.82) is 0 Å². The van der Waals surface area contributed by atoms with Gasteiger partial charge in [-0.1, -0.05) is 124 Å². The van der Waals surface area contributed by atoms with Gasteiger partial charge in [-0.25, -0.2) is 4.79 Å². The van der Waals surface area contributed by atoms with Crippen LogP contribution in [0, 0.1) is 0 Å². The lowest BCUT2D eigenvalue weighted by atomic mass is 10.0. The van der Waals surface area contributed by atoms with Crippen molar-refractivity contribution in [1.82, 2.24) is 0 Å². The fourth-order valence-corrected chi connectivity index (χ4v) is 9.82. The molecule has 4 aromatic rings. The first-order chi connectivity index (χ1) is 18.8. The molecular weight excluding hydrogens is 502 g/mol. The van der Waals surface area contributed by atoms with Crippen LogP contribution in [0.5, 0.6) is 0 Å². The van der Waals surface area contributed by atoms with Crippen molar-refractivity contribution >= 4 is 36.8 Å². The minimum Gasteiger partial charge on any atom is -0.480 e. The summed E-state index contributed by atoms with van der Waals surface area (Å²) < 4.78 is 6.89. The molecule has 5 nitrogen and oxygen atoms in total. The number of anilines is 1. The summed E-state index contributed by atoms with van der Waals surface area (Å²) in [6.07, 6.45) is 0.748. The van der Waals surface area contributed by atoms with E-state index in [2.05, 4.69) is 45.0 Å². The predicted octanol–water partition coefficient (Wildman–Crippen LogP) is 5.74. The highest BCUT2D eigenvalue weighted by Crippen LogP contribution is 2.37. The molecular formula is C33H35NO4Si. The van der Waals surface area contributed by atoms with E-state index in [9.17, 15) is 14.7 Å². The van der Waals surface area contributed by atoms with Gasteiger partial charge >= 0.3 is 5.97 Å². The SMILES string of the molecule is CC(C)(C)[Si](OCC[C@@H](C(=O)O)N(C=O)c1ccc(-c2ccccc2)cc1)(c1ccccc1)c1ccccc1. The molecule has 0 aromatic heterocycles. The third-order valence-corrected chi connectivity index (χ3v) is 12.2. The average Bonchev–Trinajstić information content (AvgIpc) is 2.95. The van der Waals surface area contributed by atoms with Crippen molar-refractivity contribution in [3.63, 3.8) is 0 Å². The monoisotopic (exact) mass is 537 g/mol. The number of carbonyl (C=O) groups is 2. The lowest BCUT2D eigenvalue weighted by Crippen LogP contribution is -2.66. The van der Waals surface area contributed by atoms with Gasteiger partial charge in [0.25, 0.3) is 8.32 Å². The number of hydrogen-bond donors (Lipinski definition) is 1. The summed E-state index contributed by atoms with van der Waals surface area (Å²) in [7, 11) is -2.82. The van der Waals surface area contributed by atoms with Crippen molar-refractivity contribution in [2.75, 3.05) is 11.5 Å². The Kier molecular flexibility index (Phi) is 8.79. The lowest BCUT2D eigenvalue weighted by Gasteiger charge is -2.43. The molecule has 0 radical (unpaired) electrons. The molecule has 6 heteroatoms. The van der Waals surface area contributed by atoms with Crippen LogP contribution >= 0.6 is 0 Å². The minimum absolute atomic E-state index is 0.152. The number of rotatable bonds is 11. The summed E-state index contributed by atoms with van der Waals surface area (Å²) in [6, 6.07) is 36.7. The van der Waals surface area contributed by atoms with E-state index < -0.39 is 20.3 Å². The number of benzene rings is 4. The standard InChI is InChI=1S/C33H35NO4Si/c1-33(2,3)39(29-15-9-5-10-16-29,30-17-11-6-12-18-30)38-24-23-31(32(36)37)34(25-35)28-21-19-27(20-22-28)26-13-7-4-8-14-26/h4-22,25,31H,23-24H2,1-3H3,(H,36,37)/t31-/m0/s1. The van der Waals surface area contributed by atoms with Crippen LogP contribution in [0.2, 0.25) is 5.04 Å². The third kappa shape index (κ3) is 6.03. The first kappa shape index (κ1) is 28.0. The van der Waals surface area contributed by atoms with Gasteiger partial charge in [0, 0.05) is 18.7 Å². The number of amides is 1. The second kappa shape index (κ2) is 12.2. The van der Waals surface area contributed by atoms with Crippen LogP contribution in [0.1, 0.15) is 27.2 Å². The summed E-state index contributed by atoms with van der Waals surface area (Å²) in [5.74, 6) is -1.07. The molecule has 0 spiro atoms. The van der Waals surface area contributed by atoms with Crippen LogP contribution in [0.4, 0.5) is 5.69 Å². The molecule has 39 heavy (non-hydrogen) atoms. The highest BCUT2D eigenvalue weighted by atomic mass is 28.4. The largest absolute Gasteiger partial charge is 0.480 e. The molecule has 0 unspecified atom stereocenters. The molecule has 200 valence electrons. The van der Waals surface area contributed by atoms with Crippen molar-refractivity contribution in [3.8, 4) is 11.1 Å². The maximum absolute atomic E-state index is 12.4. The van der Waals surface area contributed by atoms with Crippen molar-refractivity contribution in [2.45, 2.75) is 38.3 Å². The van der Waals surface area contributed by atoms with Gasteiger partial charge in [0.05, 0.1) is 0 Å². The molecule has 1 N–H and O–H groups in total. The van der Waals surface area contributed by atoms with Crippen LogP contribution in [0.3, 0.4) is 0 Å². The Morgan fingerprint density at radius 1 is 0.795 bits per heavy atom. The molecule has 1 amide bonds. The number of carbonyl (C=O) groups excluding carboxylic acids is 1. The van der Waals surface area contributed by atoms with E-state index in [0.29, 0.717) is 12.1 Å². The van der Waals surface area contributed by atoms with Crippen LogP contribution in [0.25, 0.3) is 11.1 Å². The van der Waals surface area contributed by atoms with Crippen LogP contribution in [0.15, 0.2) is 115 Å². The van der Waals surface area contributed by atoms with Gasteiger partial charge in [0.15, 0.2) is 0 Å². The van der Waals surface area contributed by atoms with E-state index >= 15 is 0 Å². The number of hydrogen-bond acceptors (Lipinski definition) is 3. The Labute approximate surface area is 231 Å². The van der Waals surface area contributed by atoms with Gasteiger partial charge in [0.1, 0.15) is 6.04 Å². The number of carboxylic acid groups (broad SMARTS) is 1. The van der Waals surface area contributed by atoms with Crippen LogP contribution < -0.4 is 15.3 Å². The third-order valence-electron chi connectivity index (χ3n) is 7.13. The molecule has 0 fully saturated rings. The highest BCUT2D eigenvalue weighted by molar-refractivity contribution is 6.99. The molecule has 0 aliphatic rings. The molecule has 0 heterocycles. The zero-order valence-electron chi connectivity index (χ0n) is 22.7. The number of aliphatic carboxylic acids is 1. The van der Waals surface area contributed by atoms with Crippen LogP contribution in [-0.4, -0.2) is 38.5 Å². The van der Waals surface area contributed by atoms with Crippen molar-refractivity contribution < 1.29 is 19.1 Å². The normalized spacial score (nSPS) is 12.5. The Morgan fingerprint density at radius 3 is 1.69 bits per heavy atom. The van der Waals surface area contributed by atoms with Crippen LogP contribution in [-0.2, 0) is 14.0 Å². The Balaban J connectivity index is 1.61. The summed E-state index contributed by atoms with van der Waals surface area (Å²) in [4.78, 5) is 25.9. The zero-order valence-corrected chi connectivity index (χ0v) is 23.7.